The van der Waals surface area contributed by atoms with Crippen LogP contribution in [-0.2, 0) is 39.3 Å². The lowest BCUT2D eigenvalue weighted by Crippen LogP contribution is -2.46. The zero-order valence-corrected chi connectivity index (χ0v) is 16.3. The third-order valence-corrected chi connectivity index (χ3v) is 5.26. The molecule has 1 aromatic rings. The van der Waals surface area contributed by atoms with Crippen LogP contribution in [0.2, 0.25) is 0 Å². The molecule has 1 rings (SSSR count). The van der Waals surface area contributed by atoms with Crippen LogP contribution in [0, 0.1) is 0 Å². The summed E-state index contributed by atoms with van der Waals surface area (Å²) >= 11 is 0. The number of benzene rings is 1. The largest absolute Gasteiger partial charge is 0.461 e. The number of amides is 2. The Kier molecular flexibility index (Phi) is 9.71. The lowest BCUT2D eigenvalue weighted by molar-refractivity contribution is -0.147. The van der Waals surface area contributed by atoms with Crippen molar-refractivity contribution in [3.63, 3.8) is 0 Å². The molecule has 0 unspecified atom stereocenters. The van der Waals surface area contributed by atoms with Crippen molar-refractivity contribution < 1.29 is 32.7 Å². The van der Waals surface area contributed by atoms with Gasteiger partial charge in [-0.3, -0.25) is 18.9 Å². The second kappa shape index (κ2) is 11.5. The smallest absolute Gasteiger partial charge is 0.340 e. The van der Waals surface area contributed by atoms with Gasteiger partial charge in [0.1, 0.15) is 18.8 Å². The van der Waals surface area contributed by atoms with Crippen LogP contribution in [0.25, 0.3) is 0 Å². The number of hydrogen-bond donors (Lipinski definition) is 2. The highest BCUT2D eigenvalue weighted by molar-refractivity contribution is 7.54. The van der Waals surface area contributed by atoms with Crippen molar-refractivity contribution in [2.24, 2.45) is 5.73 Å². The third-order valence-electron chi connectivity index (χ3n) is 3.28. The summed E-state index contributed by atoms with van der Waals surface area (Å²) in [6.07, 6.45) is -1.03. The summed E-state index contributed by atoms with van der Waals surface area (Å²) in [6, 6.07) is 7.68. The van der Waals surface area contributed by atoms with E-state index in [1.807, 2.05) is 6.07 Å². The zero-order chi connectivity index (χ0) is 20.3. The summed E-state index contributed by atoms with van der Waals surface area (Å²) in [7, 11) is -3.63. The lowest BCUT2D eigenvalue weighted by atomic mass is 10.2. The Morgan fingerprint density at radius 1 is 1.11 bits per heavy atom. The average molecular weight is 400 g/mol. The molecule has 1 aromatic carbocycles. The van der Waals surface area contributed by atoms with E-state index in [9.17, 15) is 18.9 Å². The molecule has 9 nitrogen and oxygen atoms in total. The molecule has 0 heterocycles. The molecule has 0 aromatic heterocycles. The first-order valence-corrected chi connectivity index (χ1v) is 10.2. The molecule has 0 saturated heterocycles. The van der Waals surface area contributed by atoms with Gasteiger partial charge in [0.25, 0.3) is 0 Å². The quantitative estimate of drug-likeness (QED) is 0.399. The number of ether oxygens (including phenoxy) is 1. The number of hydrogen-bond acceptors (Lipinski definition) is 7. The van der Waals surface area contributed by atoms with E-state index in [0.29, 0.717) is 0 Å². The summed E-state index contributed by atoms with van der Waals surface area (Å²) in [6.45, 7) is 3.44. The molecule has 10 heteroatoms. The van der Waals surface area contributed by atoms with Crippen LogP contribution in [0.15, 0.2) is 30.3 Å². The number of nitrogens with one attached hydrogen (secondary N) is 1. The number of esters is 1. The molecule has 0 aliphatic carbocycles. The van der Waals surface area contributed by atoms with Crippen molar-refractivity contribution >= 4 is 25.4 Å². The Bertz CT molecular complexity index is 671. The zero-order valence-electron chi connectivity index (χ0n) is 15.4. The molecule has 3 N–H and O–H groups in total. The Morgan fingerprint density at radius 2 is 1.70 bits per heavy atom. The highest BCUT2D eigenvalue weighted by Crippen LogP contribution is 2.47. The van der Waals surface area contributed by atoms with Gasteiger partial charge in [-0.15, -0.1) is 0 Å². The fourth-order valence-corrected chi connectivity index (χ4v) is 3.61. The van der Waals surface area contributed by atoms with Crippen LogP contribution in [0.5, 0.6) is 0 Å². The molecule has 0 bridgehead atoms. The van der Waals surface area contributed by atoms with E-state index in [2.05, 4.69) is 5.32 Å². The van der Waals surface area contributed by atoms with Crippen LogP contribution >= 0.6 is 7.60 Å². The Hall–Kier alpha value is -2.22. The van der Waals surface area contributed by atoms with Crippen molar-refractivity contribution in [1.82, 2.24) is 5.32 Å². The van der Waals surface area contributed by atoms with E-state index in [0.717, 1.165) is 5.56 Å². The summed E-state index contributed by atoms with van der Waals surface area (Å²) in [4.78, 5) is 35.5. The second-order valence-electron chi connectivity index (χ2n) is 5.48. The fourth-order valence-electron chi connectivity index (χ4n) is 2.12. The Balaban J connectivity index is 2.59. The molecule has 0 spiro atoms. The Morgan fingerprint density at radius 3 is 2.22 bits per heavy atom. The average Bonchev–Trinajstić information content (AvgIpc) is 2.60. The van der Waals surface area contributed by atoms with Crippen LogP contribution < -0.4 is 11.1 Å². The van der Waals surface area contributed by atoms with E-state index in [1.54, 1.807) is 38.1 Å². The van der Waals surface area contributed by atoms with Gasteiger partial charge in [0, 0.05) is 0 Å². The molecule has 27 heavy (non-hydrogen) atoms. The maximum absolute atomic E-state index is 12.3. The summed E-state index contributed by atoms with van der Waals surface area (Å²) in [5.41, 5.74) is 6.01. The van der Waals surface area contributed by atoms with Crippen LogP contribution in [0.4, 0.5) is 0 Å². The van der Waals surface area contributed by atoms with Gasteiger partial charge in [0.2, 0.25) is 11.8 Å². The monoisotopic (exact) mass is 400 g/mol. The van der Waals surface area contributed by atoms with Gasteiger partial charge in [0.05, 0.1) is 19.6 Å². The first kappa shape index (κ1) is 22.8. The molecular weight excluding hydrogens is 375 g/mol. The maximum atomic E-state index is 12.3. The van der Waals surface area contributed by atoms with Crippen LogP contribution in [0.3, 0.4) is 0 Å². The first-order valence-electron chi connectivity index (χ1n) is 8.46. The molecule has 0 aliphatic heterocycles. The van der Waals surface area contributed by atoms with E-state index in [4.69, 9.17) is 19.5 Å². The van der Waals surface area contributed by atoms with Crippen molar-refractivity contribution in [3.05, 3.63) is 35.9 Å². The topological polar surface area (TPSA) is 134 Å². The van der Waals surface area contributed by atoms with Crippen LogP contribution in [0.1, 0.15) is 25.8 Å². The number of nitrogens with two attached hydrogens (primary N) is 1. The summed E-state index contributed by atoms with van der Waals surface area (Å²) in [5.74, 6) is -2.40. The lowest BCUT2D eigenvalue weighted by Gasteiger charge is -2.19. The summed E-state index contributed by atoms with van der Waals surface area (Å²) < 4.78 is 27.4. The van der Waals surface area contributed by atoms with E-state index in [1.165, 1.54) is 0 Å². The number of primary amides is 1. The molecule has 150 valence electrons. The van der Waals surface area contributed by atoms with E-state index in [-0.39, 0.29) is 19.8 Å². The summed E-state index contributed by atoms with van der Waals surface area (Å²) in [5, 5.41) is 2.27. The molecule has 1 atom stereocenters. The Labute approximate surface area is 158 Å². The molecule has 0 radical (unpaired) electrons. The van der Waals surface area contributed by atoms with Gasteiger partial charge in [-0.05, 0) is 19.4 Å². The molecule has 0 aliphatic rings. The van der Waals surface area contributed by atoms with Gasteiger partial charge >= 0.3 is 13.6 Å². The van der Waals surface area contributed by atoms with Gasteiger partial charge in [0.15, 0.2) is 0 Å². The van der Waals surface area contributed by atoms with Crippen molar-refractivity contribution in [2.45, 2.75) is 32.9 Å². The van der Waals surface area contributed by atoms with Gasteiger partial charge in [-0.2, -0.15) is 0 Å². The van der Waals surface area contributed by atoms with Crippen molar-refractivity contribution in [3.8, 4) is 0 Å². The standard InChI is InChI=1S/C17H25N2O7P/c1-3-25-27(23,26-4-2)12-15(20)19-14(17(18)22)10-16(21)24-11-13-8-6-5-7-9-13/h5-9,14H,3-4,10-12H2,1-2H3,(H2,18,22)(H,19,20)/t14-/m0/s1. The fraction of sp³-hybridized carbons (Fsp3) is 0.471. The third kappa shape index (κ3) is 8.81. The van der Waals surface area contributed by atoms with Crippen LogP contribution in [-0.4, -0.2) is 43.2 Å². The molecule has 2 amide bonds. The highest BCUT2D eigenvalue weighted by atomic mass is 31.2. The number of rotatable bonds is 12. The predicted octanol–water partition coefficient (Wildman–Crippen LogP) is 1.36. The minimum Gasteiger partial charge on any atom is -0.461 e. The molecule has 0 saturated carbocycles. The van der Waals surface area contributed by atoms with Gasteiger partial charge in [-0.1, -0.05) is 30.3 Å². The normalized spacial score (nSPS) is 12.2. The molecule has 0 fully saturated rings. The minimum absolute atomic E-state index is 0.0307. The van der Waals surface area contributed by atoms with Gasteiger partial charge in [-0.25, -0.2) is 0 Å². The number of carbonyl (C=O) groups is 3. The van der Waals surface area contributed by atoms with E-state index < -0.39 is 44.0 Å². The number of carbonyl (C=O) groups excluding carboxylic acids is 3. The van der Waals surface area contributed by atoms with Crippen molar-refractivity contribution in [1.29, 1.82) is 0 Å². The minimum atomic E-state index is -3.63. The maximum Gasteiger partial charge on any atom is 0.340 e. The highest BCUT2D eigenvalue weighted by Gasteiger charge is 2.30. The van der Waals surface area contributed by atoms with E-state index >= 15 is 0 Å². The van der Waals surface area contributed by atoms with Gasteiger partial charge < -0.3 is 24.8 Å². The predicted molar refractivity (Wildman–Crippen MR) is 97.7 cm³/mol. The SMILES string of the molecule is CCOP(=O)(CC(=O)N[C@@H](CC(=O)OCc1ccccc1)C(N)=O)OCC. The second-order valence-corrected chi connectivity index (χ2v) is 7.53. The molecular formula is C17H25N2O7P. The van der Waals surface area contributed by atoms with Crippen molar-refractivity contribution in [2.75, 3.05) is 19.4 Å². The first-order chi connectivity index (χ1) is 12.8.